The van der Waals surface area contributed by atoms with Crippen molar-refractivity contribution in [2.45, 2.75) is 13.0 Å². The number of carbonyl (C=O) groups excluding carboxylic acids is 1. The predicted octanol–water partition coefficient (Wildman–Crippen LogP) is 4.10. The molecule has 0 spiro atoms. The van der Waals surface area contributed by atoms with Crippen LogP contribution in [0.1, 0.15) is 11.3 Å². The second-order valence-electron chi connectivity index (χ2n) is 6.25. The van der Waals surface area contributed by atoms with Crippen LogP contribution in [0.5, 0.6) is 5.75 Å². The van der Waals surface area contributed by atoms with Crippen molar-refractivity contribution >= 4 is 17.5 Å². The lowest BCUT2D eigenvalue weighted by Crippen LogP contribution is -2.38. The fraction of sp³-hybridized carbons (Fsp3) is 0.200. The van der Waals surface area contributed by atoms with Crippen LogP contribution in [-0.2, 0) is 17.8 Å². The Kier molecular flexibility index (Phi) is 4.81. The van der Waals surface area contributed by atoms with Crippen LogP contribution in [0.25, 0.3) is 11.3 Å². The van der Waals surface area contributed by atoms with E-state index in [0.29, 0.717) is 36.0 Å². The second kappa shape index (κ2) is 7.40. The number of rotatable bonds is 4. The highest BCUT2D eigenvalue weighted by molar-refractivity contribution is 6.30. The Labute approximate surface area is 160 Å². The molecule has 0 atom stereocenters. The maximum absolute atomic E-state index is 13.2. The highest BCUT2D eigenvalue weighted by atomic mass is 35.5. The van der Waals surface area contributed by atoms with Crippen LogP contribution < -0.4 is 4.74 Å². The van der Waals surface area contributed by atoms with Gasteiger partial charge in [0.1, 0.15) is 11.6 Å². The SMILES string of the molecule is O=C(COc1ccc(Cl)cc1)N1CCc2noc(-c3ccc(F)cc3)c2C1. The van der Waals surface area contributed by atoms with Gasteiger partial charge in [-0.3, -0.25) is 4.79 Å². The van der Waals surface area contributed by atoms with Gasteiger partial charge in [-0.15, -0.1) is 0 Å². The van der Waals surface area contributed by atoms with Crippen molar-refractivity contribution in [3.63, 3.8) is 0 Å². The van der Waals surface area contributed by atoms with E-state index in [-0.39, 0.29) is 18.3 Å². The summed E-state index contributed by atoms with van der Waals surface area (Å²) in [7, 11) is 0. The molecule has 1 aliphatic heterocycles. The molecule has 2 heterocycles. The van der Waals surface area contributed by atoms with E-state index in [4.69, 9.17) is 20.9 Å². The Balaban J connectivity index is 1.45. The van der Waals surface area contributed by atoms with E-state index in [2.05, 4.69) is 5.16 Å². The maximum Gasteiger partial charge on any atom is 0.260 e. The molecule has 0 radical (unpaired) electrons. The van der Waals surface area contributed by atoms with Crippen LogP contribution in [-0.4, -0.2) is 29.1 Å². The van der Waals surface area contributed by atoms with E-state index >= 15 is 0 Å². The molecule has 1 aliphatic rings. The summed E-state index contributed by atoms with van der Waals surface area (Å²) in [6, 6.07) is 12.9. The molecular formula is C20H16ClFN2O3. The number of nitrogens with zero attached hydrogens (tertiary/aromatic N) is 2. The van der Waals surface area contributed by atoms with Gasteiger partial charge in [0.15, 0.2) is 12.4 Å². The zero-order chi connectivity index (χ0) is 18.8. The summed E-state index contributed by atoms with van der Waals surface area (Å²) in [6.45, 7) is 0.869. The number of ether oxygens (including phenoxy) is 1. The Hall–Kier alpha value is -2.86. The van der Waals surface area contributed by atoms with Crippen molar-refractivity contribution in [2.24, 2.45) is 0 Å². The van der Waals surface area contributed by atoms with Gasteiger partial charge in [0, 0.05) is 29.1 Å². The summed E-state index contributed by atoms with van der Waals surface area (Å²) in [5.41, 5.74) is 2.42. The van der Waals surface area contributed by atoms with Gasteiger partial charge in [0.2, 0.25) is 0 Å². The highest BCUT2D eigenvalue weighted by Crippen LogP contribution is 2.30. The number of amides is 1. The zero-order valence-electron chi connectivity index (χ0n) is 14.3. The minimum absolute atomic E-state index is 0.0614. The smallest absolute Gasteiger partial charge is 0.260 e. The number of benzene rings is 2. The van der Waals surface area contributed by atoms with Crippen molar-refractivity contribution in [2.75, 3.05) is 13.2 Å². The summed E-state index contributed by atoms with van der Waals surface area (Å²) in [6.07, 6.45) is 0.604. The van der Waals surface area contributed by atoms with Crippen LogP contribution in [0.2, 0.25) is 5.02 Å². The average Bonchev–Trinajstić information content (AvgIpc) is 3.11. The molecule has 4 rings (SSSR count). The zero-order valence-corrected chi connectivity index (χ0v) is 15.1. The molecule has 2 aromatic carbocycles. The Morgan fingerprint density at radius 3 is 2.67 bits per heavy atom. The Morgan fingerprint density at radius 2 is 1.93 bits per heavy atom. The molecule has 1 aromatic heterocycles. The molecule has 0 N–H and O–H groups in total. The Bertz CT molecular complexity index is 954. The largest absolute Gasteiger partial charge is 0.484 e. The van der Waals surface area contributed by atoms with E-state index in [1.54, 1.807) is 41.3 Å². The van der Waals surface area contributed by atoms with Gasteiger partial charge in [-0.25, -0.2) is 4.39 Å². The van der Waals surface area contributed by atoms with Gasteiger partial charge < -0.3 is 14.2 Å². The average molecular weight is 387 g/mol. The Morgan fingerprint density at radius 1 is 1.19 bits per heavy atom. The molecule has 0 saturated heterocycles. The van der Waals surface area contributed by atoms with Crippen LogP contribution in [0.4, 0.5) is 4.39 Å². The predicted molar refractivity (Wildman–Crippen MR) is 98.0 cm³/mol. The standard InChI is InChI=1S/C20H16ClFN2O3/c21-14-3-7-16(8-4-14)26-12-19(25)24-10-9-18-17(11-24)20(27-23-18)13-1-5-15(22)6-2-13/h1-8H,9-12H2. The molecule has 138 valence electrons. The lowest BCUT2D eigenvalue weighted by Gasteiger charge is -2.26. The quantitative estimate of drug-likeness (QED) is 0.677. The van der Waals surface area contributed by atoms with Crippen molar-refractivity contribution in [1.82, 2.24) is 10.1 Å². The van der Waals surface area contributed by atoms with Crippen LogP contribution >= 0.6 is 11.6 Å². The maximum atomic E-state index is 13.2. The van der Waals surface area contributed by atoms with Gasteiger partial charge in [-0.2, -0.15) is 0 Å². The van der Waals surface area contributed by atoms with Crippen LogP contribution in [0.15, 0.2) is 53.1 Å². The van der Waals surface area contributed by atoms with Crippen molar-refractivity contribution in [3.8, 4) is 17.1 Å². The number of fused-ring (bicyclic) bond motifs is 1. The number of carbonyl (C=O) groups is 1. The molecule has 5 nitrogen and oxygen atoms in total. The van der Waals surface area contributed by atoms with Gasteiger partial charge in [0.05, 0.1) is 12.2 Å². The summed E-state index contributed by atoms with van der Waals surface area (Å²) < 4.78 is 24.2. The fourth-order valence-corrected chi connectivity index (χ4v) is 3.15. The minimum Gasteiger partial charge on any atom is -0.484 e. The molecule has 0 fully saturated rings. The van der Waals surface area contributed by atoms with E-state index < -0.39 is 0 Å². The summed E-state index contributed by atoms with van der Waals surface area (Å²) in [5, 5.41) is 4.71. The van der Waals surface area contributed by atoms with E-state index in [9.17, 15) is 9.18 Å². The van der Waals surface area contributed by atoms with Gasteiger partial charge in [-0.05, 0) is 48.5 Å². The summed E-state index contributed by atoms with van der Waals surface area (Å²) >= 11 is 5.84. The molecule has 0 bridgehead atoms. The lowest BCUT2D eigenvalue weighted by atomic mass is 10.0. The lowest BCUT2D eigenvalue weighted by molar-refractivity contribution is -0.134. The molecule has 0 saturated carbocycles. The first-order chi connectivity index (χ1) is 13.1. The molecule has 3 aromatic rings. The molecule has 7 heteroatoms. The van der Waals surface area contributed by atoms with Crippen molar-refractivity contribution in [3.05, 3.63) is 70.6 Å². The minimum atomic E-state index is -0.316. The third-order valence-electron chi connectivity index (χ3n) is 4.47. The van der Waals surface area contributed by atoms with E-state index in [0.717, 1.165) is 16.8 Å². The van der Waals surface area contributed by atoms with Crippen molar-refractivity contribution < 1.29 is 18.4 Å². The number of aromatic nitrogens is 1. The molecule has 0 aliphatic carbocycles. The normalized spacial score (nSPS) is 13.3. The van der Waals surface area contributed by atoms with Crippen LogP contribution in [0, 0.1) is 5.82 Å². The van der Waals surface area contributed by atoms with Gasteiger partial charge >= 0.3 is 0 Å². The van der Waals surface area contributed by atoms with E-state index in [1.807, 2.05) is 0 Å². The van der Waals surface area contributed by atoms with Crippen LogP contribution in [0.3, 0.4) is 0 Å². The molecule has 27 heavy (non-hydrogen) atoms. The summed E-state index contributed by atoms with van der Waals surface area (Å²) in [5.74, 6) is 0.716. The first kappa shape index (κ1) is 17.5. The molecule has 1 amide bonds. The molecular weight excluding hydrogens is 371 g/mol. The van der Waals surface area contributed by atoms with E-state index in [1.165, 1.54) is 12.1 Å². The second-order valence-corrected chi connectivity index (χ2v) is 6.69. The number of hydrogen-bond donors (Lipinski definition) is 0. The van der Waals surface area contributed by atoms with Gasteiger partial charge in [-0.1, -0.05) is 16.8 Å². The first-order valence-corrected chi connectivity index (χ1v) is 8.87. The third-order valence-corrected chi connectivity index (χ3v) is 4.72. The van der Waals surface area contributed by atoms with Gasteiger partial charge in [0.25, 0.3) is 5.91 Å². The fourth-order valence-electron chi connectivity index (χ4n) is 3.02. The van der Waals surface area contributed by atoms with Crippen molar-refractivity contribution in [1.29, 1.82) is 0 Å². The third kappa shape index (κ3) is 3.80. The monoisotopic (exact) mass is 386 g/mol. The number of halogens is 2. The first-order valence-electron chi connectivity index (χ1n) is 8.49. The topological polar surface area (TPSA) is 55.6 Å². The summed E-state index contributed by atoms with van der Waals surface area (Å²) in [4.78, 5) is 14.2. The highest BCUT2D eigenvalue weighted by Gasteiger charge is 2.27. The molecule has 0 unspecified atom stereocenters. The number of hydrogen-bond acceptors (Lipinski definition) is 4.